The third-order valence-corrected chi connectivity index (χ3v) is 6.74. The molecule has 33 heavy (non-hydrogen) atoms. The molecule has 0 saturated carbocycles. The van der Waals surface area contributed by atoms with Crippen LogP contribution < -0.4 is 5.32 Å². The summed E-state index contributed by atoms with van der Waals surface area (Å²) in [5, 5.41) is 4.12. The summed E-state index contributed by atoms with van der Waals surface area (Å²) in [7, 11) is 2.05. The number of aromatic nitrogens is 1. The molecule has 2 heterocycles. The fourth-order valence-electron chi connectivity index (χ4n) is 4.84. The highest BCUT2D eigenvalue weighted by atomic mass is 35.5. The van der Waals surface area contributed by atoms with Gasteiger partial charge in [0.25, 0.3) is 5.91 Å². The quantitative estimate of drug-likeness (QED) is 0.545. The van der Waals surface area contributed by atoms with Gasteiger partial charge in [0.15, 0.2) is 0 Å². The average molecular weight is 469 g/mol. The number of fused-ring (bicyclic) bond motifs is 2. The minimum absolute atomic E-state index is 0. The van der Waals surface area contributed by atoms with Gasteiger partial charge in [-0.15, -0.1) is 12.4 Å². The second-order valence-electron chi connectivity index (χ2n) is 8.37. The molecule has 4 rings (SSSR count). The number of nitrogens with zero attached hydrogens (tertiary/aromatic N) is 3. The molecule has 6 nitrogen and oxygen atoms in total. The molecule has 1 aliphatic rings. The van der Waals surface area contributed by atoms with Gasteiger partial charge >= 0.3 is 0 Å². The first kappa shape index (κ1) is 24.8. The minimum Gasteiger partial charge on any atom is -0.353 e. The van der Waals surface area contributed by atoms with Gasteiger partial charge in [-0.25, -0.2) is 0 Å². The van der Waals surface area contributed by atoms with E-state index in [9.17, 15) is 9.59 Å². The number of hydrogen-bond acceptors (Lipinski definition) is 3. The fraction of sp³-hybridized carbons (Fsp3) is 0.385. The van der Waals surface area contributed by atoms with Crippen LogP contribution in [-0.4, -0.2) is 58.9 Å². The normalized spacial score (nSPS) is 15.1. The number of likely N-dealkylation sites (N-methyl/N-ethyl adjacent to an activating group) is 1. The van der Waals surface area contributed by atoms with Crippen LogP contribution in [0.1, 0.15) is 47.1 Å². The second kappa shape index (κ2) is 10.4. The second-order valence-corrected chi connectivity index (χ2v) is 8.37. The van der Waals surface area contributed by atoms with Crippen LogP contribution in [0.3, 0.4) is 0 Å². The van der Waals surface area contributed by atoms with Gasteiger partial charge in [0.2, 0.25) is 5.91 Å². The van der Waals surface area contributed by atoms with Crippen LogP contribution in [0.2, 0.25) is 0 Å². The van der Waals surface area contributed by atoms with Crippen molar-refractivity contribution in [3.05, 3.63) is 70.9 Å². The van der Waals surface area contributed by atoms with Crippen LogP contribution in [-0.2, 0) is 11.8 Å². The first-order valence-corrected chi connectivity index (χ1v) is 11.4. The van der Waals surface area contributed by atoms with Crippen molar-refractivity contribution in [2.75, 3.05) is 32.7 Å². The summed E-state index contributed by atoms with van der Waals surface area (Å²) in [5.41, 5.74) is 4.97. The van der Waals surface area contributed by atoms with Crippen molar-refractivity contribution in [1.82, 2.24) is 19.7 Å². The Kier molecular flexibility index (Phi) is 7.82. The highest BCUT2D eigenvalue weighted by Crippen LogP contribution is 2.43. The Morgan fingerprint density at radius 1 is 1.06 bits per heavy atom. The topological polar surface area (TPSA) is 57.6 Å². The molecule has 3 aromatic rings. The van der Waals surface area contributed by atoms with E-state index in [0.29, 0.717) is 12.1 Å². The van der Waals surface area contributed by atoms with Gasteiger partial charge in [0, 0.05) is 47.9 Å². The van der Waals surface area contributed by atoms with Gasteiger partial charge < -0.3 is 19.7 Å². The Hall–Kier alpha value is -2.83. The maximum Gasteiger partial charge on any atom is 0.255 e. The number of amides is 2. The zero-order valence-corrected chi connectivity index (χ0v) is 20.6. The summed E-state index contributed by atoms with van der Waals surface area (Å²) >= 11 is 0. The molecule has 1 aromatic heterocycles. The molecule has 2 aromatic carbocycles. The first-order chi connectivity index (χ1) is 15.5. The molecule has 0 bridgehead atoms. The van der Waals surface area contributed by atoms with E-state index in [0.717, 1.165) is 47.4 Å². The smallest absolute Gasteiger partial charge is 0.255 e. The molecular formula is C26H33ClN4O2. The van der Waals surface area contributed by atoms with Gasteiger partial charge in [0.05, 0.1) is 6.04 Å². The minimum atomic E-state index is -0.279. The van der Waals surface area contributed by atoms with E-state index in [-0.39, 0.29) is 36.8 Å². The van der Waals surface area contributed by atoms with Crippen molar-refractivity contribution >= 4 is 35.1 Å². The maximum absolute atomic E-state index is 13.4. The van der Waals surface area contributed by atoms with Crippen molar-refractivity contribution in [3.8, 4) is 0 Å². The van der Waals surface area contributed by atoms with Crippen molar-refractivity contribution in [1.29, 1.82) is 0 Å². The van der Waals surface area contributed by atoms with Gasteiger partial charge in [-0.2, -0.15) is 0 Å². The number of halogens is 1. The third-order valence-electron chi connectivity index (χ3n) is 6.74. The molecule has 176 valence electrons. The number of benzene rings is 2. The summed E-state index contributed by atoms with van der Waals surface area (Å²) in [5.74, 6) is -0.210. The molecule has 0 radical (unpaired) electrons. The Morgan fingerprint density at radius 2 is 1.73 bits per heavy atom. The molecule has 0 fully saturated rings. The molecule has 2 amide bonds. The van der Waals surface area contributed by atoms with Crippen molar-refractivity contribution in [3.63, 3.8) is 0 Å². The summed E-state index contributed by atoms with van der Waals surface area (Å²) in [6.07, 6.45) is 0. The zero-order chi connectivity index (χ0) is 22.8. The Bertz CT molecular complexity index is 1150. The van der Waals surface area contributed by atoms with E-state index in [4.69, 9.17) is 0 Å². The van der Waals surface area contributed by atoms with Crippen molar-refractivity contribution in [2.24, 2.45) is 7.05 Å². The van der Waals surface area contributed by atoms with Gasteiger partial charge in [0.1, 0.15) is 6.54 Å². The van der Waals surface area contributed by atoms with Crippen LogP contribution >= 0.6 is 12.4 Å². The number of nitrogens with one attached hydrogen (secondary N) is 1. The molecule has 1 N–H and O–H groups in total. The average Bonchev–Trinajstić information content (AvgIpc) is 3.22. The standard InChI is InChI=1S/C26H32N4O2.ClH/c1-5-29(6-2)16-15-27-23(31)17-30-25(19-11-7-8-12-20(19)26(30)32)24-18(3)28(4)22-14-10-9-13-21(22)24;/h7-14,25H,5-6,15-17H2,1-4H3,(H,27,31);1H. The van der Waals surface area contributed by atoms with Crippen LogP contribution in [0, 0.1) is 6.92 Å². The van der Waals surface area contributed by atoms with Gasteiger partial charge in [-0.1, -0.05) is 50.2 Å². The lowest BCUT2D eigenvalue weighted by Gasteiger charge is -2.26. The summed E-state index contributed by atoms with van der Waals surface area (Å²) in [6, 6.07) is 15.7. The lowest BCUT2D eigenvalue weighted by molar-refractivity contribution is -0.122. The molecule has 0 saturated heterocycles. The van der Waals surface area contributed by atoms with E-state index in [1.165, 1.54) is 0 Å². The Labute approximate surface area is 202 Å². The van der Waals surface area contributed by atoms with E-state index < -0.39 is 0 Å². The number of carbonyl (C=O) groups excluding carboxylic acids is 2. The molecule has 0 spiro atoms. The highest BCUT2D eigenvalue weighted by Gasteiger charge is 2.40. The predicted octanol–water partition coefficient (Wildman–Crippen LogP) is 3.91. The van der Waals surface area contributed by atoms with Crippen LogP contribution in [0.5, 0.6) is 0 Å². The summed E-state index contributed by atoms with van der Waals surface area (Å²) in [4.78, 5) is 30.2. The SMILES string of the molecule is CCN(CC)CCNC(=O)CN1C(=O)c2ccccc2C1c1c(C)n(C)c2ccccc12.Cl. The zero-order valence-electron chi connectivity index (χ0n) is 19.8. The molecule has 7 heteroatoms. The van der Waals surface area contributed by atoms with Crippen molar-refractivity contribution < 1.29 is 9.59 Å². The Balaban J connectivity index is 0.00000306. The molecule has 1 unspecified atom stereocenters. The first-order valence-electron chi connectivity index (χ1n) is 11.4. The van der Waals surface area contributed by atoms with Crippen LogP contribution in [0.15, 0.2) is 48.5 Å². The largest absolute Gasteiger partial charge is 0.353 e. The van der Waals surface area contributed by atoms with E-state index >= 15 is 0 Å². The maximum atomic E-state index is 13.4. The van der Waals surface area contributed by atoms with Gasteiger partial charge in [-0.05, 0) is 37.7 Å². The monoisotopic (exact) mass is 468 g/mol. The van der Waals surface area contributed by atoms with Crippen LogP contribution in [0.4, 0.5) is 0 Å². The number of hydrogen-bond donors (Lipinski definition) is 1. The molecule has 0 aliphatic carbocycles. The number of rotatable bonds is 8. The number of para-hydroxylation sites is 1. The summed E-state index contributed by atoms with van der Waals surface area (Å²) < 4.78 is 2.17. The third kappa shape index (κ3) is 4.50. The number of carbonyl (C=O) groups is 2. The van der Waals surface area contributed by atoms with E-state index in [1.807, 2.05) is 43.4 Å². The van der Waals surface area contributed by atoms with Crippen molar-refractivity contribution in [2.45, 2.75) is 26.8 Å². The van der Waals surface area contributed by atoms with E-state index in [2.05, 4.69) is 47.7 Å². The fourth-order valence-corrected chi connectivity index (χ4v) is 4.84. The molecule has 1 aliphatic heterocycles. The molecular weight excluding hydrogens is 436 g/mol. The van der Waals surface area contributed by atoms with E-state index in [1.54, 1.807) is 4.90 Å². The summed E-state index contributed by atoms with van der Waals surface area (Å²) in [6.45, 7) is 9.64. The van der Waals surface area contributed by atoms with Crippen LogP contribution in [0.25, 0.3) is 10.9 Å². The Morgan fingerprint density at radius 3 is 2.45 bits per heavy atom. The lowest BCUT2D eigenvalue weighted by atomic mass is 9.95. The predicted molar refractivity (Wildman–Crippen MR) is 135 cm³/mol. The highest BCUT2D eigenvalue weighted by molar-refractivity contribution is 6.02. The number of aryl methyl sites for hydroxylation is 1. The lowest BCUT2D eigenvalue weighted by Crippen LogP contribution is -2.42. The molecule has 1 atom stereocenters. The van der Waals surface area contributed by atoms with Gasteiger partial charge in [-0.3, -0.25) is 9.59 Å².